The van der Waals surface area contributed by atoms with E-state index in [0.29, 0.717) is 22.9 Å². The summed E-state index contributed by atoms with van der Waals surface area (Å²) in [6.45, 7) is 1.83. The van der Waals surface area contributed by atoms with Gasteiger partial charge in [-0.1, -0.05) is 18.2 Å². The van der Waals surface area contributed by atoms with Crippen molar-refractivity contribution in [2.45, 2.75) is 13.0 Å². The molecule has 0 saturated carbocycles. The third-order valence-electron chi connectivity index (χ3n) is 4.57. The summed E-state index contributed by atoms with van der Waals surface area (Å²) >= 11 is 0. The summed E-state index contributed by atoms with van der Waals surface area (Å²) in [5, 5.41) is 7.09. The van der Waals surface area contributed by atoms with Crippen molar-refractivity contribution in [1.29, 1.82) is 0 Å². The van der Waals surface area contributed by atoms with Gasteiger partial charge in [0.25, 0.3) is 11.5 Å². The molecule has 8 nitrogen and oxygen atoms in total. The molecular formula is C22H23N3O5. The van der Waals surface area contributed by atoms with Crippen molar-refractivity contribution in [3.8, 4) is 22.9 Å². The maximum atomic E-state index is 12.8. The fraction of sp³-hybridized carbons (Fsp3) is 0.227. The summed E-state index contributed by atoms with van der Waals surface area (Å²) in [5.74, 6) is 1.03. The lowest BCUT2D eigenvalue weighted by atomic mass is 10.1. The van der Waals surface area contributed by atoms with Crippen LogP contribution in [0.1, 0.15) is 29.0 Å². The maximum absolute atomic E-state index is 12.8. The Labute approximate surface area is 174 Å². The number of methoxy groups -OCH3 is 3. The number of rotatable bonds is 7. The molecule has 0 aliphatic heterocycles. The summed E-state index contributed by atoms with van der Waals surface area (Å²) in [6.07, 6.45) is 0. The van der Waals surface area contributed by atoms with Gasteiger partial charge in [0, 0.05) is 6.07 Å². The van der Waals surface area contributed by atoms with E-state index in [0.717, 1.165) is 5.56 Å². The van der Waals surface area contributed by atoms with Crippen LogP contribution in [-0.2, 0) is 0 Å². The molecule has 1 N–H and O–H groups in total. The number of hydrogen-bond donors (Lipinski definition) is 1. The minimum Gasteiger partial charge on any atom is -0.493 e. The molecular weight excluding hydrogens is 386 g/mol. The van der Waals surface area contributed by atoms with Crippen molar-refractivity contribution in [1.82, 2.24) is 15.1 Å². The van der Waals surface area contributed by atoms with Gasteiger partial charge in [-0.3, -0.25) is 9.59 Å². The lowest BCUT2D eigenvalue weighted by Crippen LogP contribution is -2.30. The smallest absolute Gasteiger partial charge is 0.272 e. The fourth-order valence-corrected chi connectivity index (χ4v) is 2.99. The zero-order valence-corrected chi connectivity index (χ0v) is 17.2. The third kappa shape index (κ3) is 4.27. The number of hydrogen-bond acceptors (Lipinski definition) is 6. The second-order valence-electron chi connectivity index (χ2n) is 6.46. The molecule has 0 unspecified atom stereocenters. The van der Waals surface area contributed by atoms with E-state index in [1.165, 1.54) is 38.1 Å². The number of carbonyl (C=O) groups excluding carboxylic acids is 1. The lowest BCUT2D eigenvalue weighted by Gasteiger charge is -2.18. The molecule has 1 atom stereocenters. The van der Waals surface area contributed by atoms with Gasteiger partial charge in [-0.2, -0.15) is 9.78 Å². The first-order chi connectivity index (χ1) is 14.5. The van der Waals surface area contributed by atoms with E-state index in [1.807, 2.05) is 13.0 Å². The van der Waals surface area contributed by atoms with Gasteiger partial charge in [0.15, 0.2) is 11.5 Å². The van der Waals surface area contributed by atoms with Crippen molar-refractivity contribution < 1.29 is 19.0 Å². The van der Waals surface area contributed by atoms with Crippen LogP contribution in [0.15, 0.2) is 59.4 Å². The highest BCUT2D eigenvalue weighted by atomic mass is 16.5. The van der Waals surface area contributed by atoms with E-state index in [9.17, 15) is 9.59 Å². The van der Waals surface area contributed by atoms with Crippen molar-refractivity contribution in [3.05, 3.63) is 76.2 Å². The molecule has 0 radical (unpaired) electrons. The van der Waals surface area contributed by atoms with E-state index < -0.39 is 5.91 Å². The van der Waals surface area contributed by atoms with E-state index >= 15 is 0 Å². The first-order valence-electron chi connectivity index (χ1n) is 9.25. The Morgan fingerprint density at radius 1 is 0.967 bits per heavy atom. The molecule has 0 fully saturated rings. The first kappa shape index (κ1) is 20.9. The predicted octanol–water partition coefficient (Wildman–Crippen LogP) is 2.75. The van der Waals surface area contributed by atoms with Crippen LogP contribution in [0.2, 0.25) is 0 Å². The topological polar surface area (TPSA) is 91.7 Å². The van der Waals surface area contributed by atoms with Crippen LogP contribution in [0.25, 0.3) is 5.69 Å². The van der Waals surface area contributed by atoms with Crippen molar-refractivity contribution in [2.75, 3.05) is 21.3 Å². The zero-order valence-electron chi connectivity index (χ0n) is 17.2. The molecule has 0 bridgehead atoms. The van der Waals surface area contributed by atoms with Crippen molar-refractivity contribution >= 4 is 5.91 Å². The number of carbonyl (C=O) groups is 1. The highest BCUT2D eigenvalue weighted by Gasteiger charge is 2.19. The van der Waals surface area contributed by atoms with Gasteiger partial charge in [0.05, 0.1) is 33.1 Å². The average Bonchev–Trinajstić information content (AvgIpc) is 2.78. The Hall–Kier alpha value is -3.81. The van der Waals surface area contributed by atoms with Gasteiger partial charge in [-0.15, -0.1) is 0 Å². The molecule has 1 aromatic heterocycles. The Balaban J connectivity index is 1.87. The number of para-hydroxylation sites is 1. The van der Waals surface area contributed by atoms with Crippen molar-refractivity contribution in [3.63, 3.8) is 0 Å². The minimum absolute atomic E-state index is 0.123. The molecule has 1 heterocycles. The summed E-state index contributed by atoms with van der Waals surface area (Å²) in [7, 11) is 4.58. The van der Waals surface area contributed by atoms with E-state index in [-0.39, 0.29) is 17.3 Å². The Kier molecular flexibility index (Phi) is 6.36. The molecule has 8 heteroatoms. The van der Waals surface area contributed by atoms with Crippen LogP contribution in [0.4, 0.5) is 0 Å². The number of amides is 1. The summed E-state index contributed by atoms with van der Waals surface area (Å²) in [5.41, 5.74) is 1.14. The van der Waals surface area contributed by atoms with E-state index in [2.05, 4.69) is 10.4 Å². The molecule has 1 amide bonds. The van der Waals surface area contributed by atoms with Crippen LogP contribution < -0.4 is 25.1 Å². The van der Waals surface area contributed by atoms with E-state index in [1.54, 1.807) is 36.4 Å². The molecule has 3 aromatic rings. The van der Waals surface area contributed by atoms with Crippen LogP contribution in [0.3, 0.4) is 0 Å². The number of aromatic nitrogens is 2. The average molecular weight is 409 g/mol. The van der Waals surface area contributed by atoms with Gasteiger partial charge >= 0.3 is 0 Å². The molecule has 0 spiro atoms. The predicted molar refractivity (Wildman–Crippen MR) is 112 cm³/mol. The molecule has 3 rings (SSSR count). The molecule has 156 valence electrons. The lowest BCUT2D eigenvalue weighted by molar-refractivity contribution is 0.0933. The van der Waals surface area contributed by atoms with Crippen LogP contribution in [0.5, 0.6) is 17.2 Å². The standard InChI is InChI=1S/C22H23N3O5/c1-14(15-12-18(28-2)21(30-4)19(13-15)29-3)23-22(27)17-10-11-20(26)25(24-17)16-8-6-5-7-9-16/h5-14H,1-4H3,(H,23,27)/t14-/m1/s1. The fourth-order valence-electron chi connectivity index (χ4n) is 2.99. The zero-order chi connectivity index (χ0) is 21.7. The summed E-state index contributed by atoms with van der Waals surface area (Å²) in [6, 6.07) is 14.8. The Morgan fingerprint density at radius 2 is 1.60 bits per heavy atom. The van der Waals surface area contributed by atoms with Crippen LogP contribution in [-0.4, -0.2) is 37.0 Å². The maximum Gasteiger partial charge on any atom is 0.272 e. The summed E-state index contributed by atoms with van der Waals surface area (Å²) < 4.78 is 17.3. The van der Waals surface area contributed by atoms with Gasteiger partial charge in [0.2, 0.25) is 5.75 Å². The first-order valence-corrected chi connectivity index (χ1v) is 9.25. The molecule has 0 saturated heterocycles. The quantitative estimate of drug-likeness (QED) is 0.645. The van der Waals surface area contributed by atoms with Crippen molar-refractivity contribution in [2.24, 2.45) is 0 Å². The van der Waals surface area contributed by atoms with Gasteiger partial charge in [-0.25, -0.2) is 0 Å². The summed E-state index contributed by atoms with van der Waals surface area (Å²) in [4.78, 5) is 24.9. The Morgan fingerprint density at radius 3 is 2.17 bits per heavy atom. The van der Waals surface area contributed by atoms with E-state index in [4.69, 9.17) is 14.2 Å². The Bertz CT molecular complexity index is 1070. The number of benzene rings is 2. The normalized spacial score (nSPS) is 11.5. The van der Waals surface area contributed by atoms with Gasteiger partial charge in [-0.05, 0) is 42.8 Å². The molecule has 0 aliphatic rings. The largest absolute Gasteiger partial charge is 0.493 e. The molecule has 2 aromatic carbocycles. The molecule has 0 aliphatic carbocycles. The third-order valence-corrected chi connectivity index (χ3v) is 4.57. The van der Waals surface area contributed by atoms with Gasteiger partial charge < -0.3 is 19.5 Å². The highest BCUT2D eigenvalue weighted by Crippen LogP contribution is 2.39. The molecule has 30 heavy (non-hydrogen) atoms. The number of nitrogens with zero attached hydrogens (tertiary/aromatic N) is 2. The number of nitrogens with one attached hydrogen (secondary N) is 1. The monoisotopic (exact) mass is 409 g/mol. The second-order valence-corrected chi connectivity index (χ2v) is 6.46. The van der Waals surface area contributed by atoms with Crippen LogP contribution in [0, 0.1) is 0 Å². The second kappa shape index (κ2) is 9.13. The SMILES string of the molecule is COc1cc([C@@H](C)NC(=O)c2ccc(=O)n(-c3ccccc3)n2)cc(OC)c1OC. The van der Waals surface area contributed by atoms with Gasteiger partial charge in [0.1, 0.15) is 5.69 Å². The highest BCUT2D eigenvalue weighted by molar-refractivity contribution is 5.92. The van der Waals surface area contributed by atoms with Crippen LogP contribution >= 0.6 is 0 Å². The number of ether oxygens (including phenoxy) is 3. The minimum atomic E-state index is -0.416.